The Balaban J connectivity index is 1.43. The van der Waals surface area contributed by atoms with Crippen molar-refractivity contribution in [1.29, 1.82) is 0 Å². The van der Waals surface area contributed by atoms with E-state index in [1.54, 1.807) is 84.9 Å². The predicted octanol–water partition coefficient (Wildman–Crippen LogP) is 9.96. The van der Waals surface area contributed by atoms with Gasteiger partial charge in [0.1, 0.15) is 36.8 Å². The lowest BCUT2D eigenvalue weighted by Crippen LogP contribution is -2.61. The summed E-state index contributed by atoms with van der Waals surface area (Å²) in [5.41, 5.74) is 5.57. The molecule has 26 nitrogen and oxygen atoms in total. The second-order valence-electron chi connectivity index (χ2n) is 34.6. The number of likely N-dealkylation sites (N-methyl/N-ethyl adjacent to an activating group) is 7. The molecular formula is C90H136N10O16. The summed E-state index contributed by atoms with van der Waals surface area (Å²) in [6, 6.07) is 14.4. The van der Waals surface area contributed by atoms with Gasteiger partial charge in [-0.05, 0) is 127 Å². The number of benzene rings is 3. The van der Waals surface area contributed by atoms with Crippen LogP contribution in [0.3, 0.4) is 0 Å². The van der Waals surface area contributed by atoms with E-state index in [9.17, 15) is 48.3 Å². The highest BCUT2D eigenvalue weighted by Crippen LogP contribution is 2.45. The van der Waals surface area contributed by atoms with Gasteiger partial charge in [0.15, 0.2) is 17.3 Å². The number of hydrogen-bond donors (Lipinski definition) is 4. The second-order valence-corrected chi connectivity index (χ2v) is 34.6. The molecule has 0 bridgehead atoms. The number of carbonyl (C=O) groups excluding carboxylic acids is 13. The van der Waals surface area contributed by atoms with Gasteiger partial charge >= 0.3 is 6.09 Å². The third-order valence-corrected chi connectivity index (χ3v) is 22.7. The summed E-state index contributed by atoms with van der Waals surface area (Å²) in [7, 11) is 10.1. The van der Waals surface area contributed by atoms with E-state index in [2.05, 4.69) is 40.2 Å². The molecule has 3 aromatic rings. The number of hydrogen-bond acceptors (Lipinski definition) is 16. The van der Waals surface area contributed by atoms with Gasteiger partial charge in [0.25, 0.3) is 5.91 Å². The van der Waals surface area contributed by atoms with Crippen LogP contribution in [0.15, 0.2) is 78.9 Å². The van der Waals surface area contributed by atoms with Crippen molar-refractivity contribution in [1.82, 2.24) is 50.2 Å². The molecule has 5 rings (SSSR count). The fourth-order valence-corrected chi connectivity index (χ4v) is 15.6. The van der Waals surface area contributed by atoms with Crippen LogP contribution in [0.4, 0.5) is 4.79 Å². The normalized spacial score (nSPS) is 23.3. The van der Waals surface area contributed by atoms with E-state index in [-0.39, 0.29) is 120 Å². The number of ether oxygens (including phenoxy) is 2. The lowest BCUT2D eigenvalue weighted by Gasteiger charge is -2.41. The van der Waals surface area contributed by atoms with Gasteiger partial charge in [-0.2, -0.15) is 0 Å². The summed E-state index contributed by atoms with van der Waals surface area (Å²) in [5, 5.41) is 21.0. The molecule has 12 atom stereocenters. The van der Waals surface area contributed by atoms with E-state index in [1.165, 1.54) is 85.7 Å². The molecule has 2 unspecified atom stereocenters. The standard InChI is InChI=1S/C90H136N10O16/c1-24-63-49-77(103)80(81(105)59(14)30-29-31-62-36-38-64(39-37-62)83(107)91-40-42-115-43-41-92-90(114)116-52-70-67-34-27-25-32-65(67)66-33-26-28-35-68(66)70)100(23)89(113)79(58(12)13)99(22)88(112)74(47-56(8)9)98(21)87(111)73(46-55(6)7)97(20)84(108)61(16)93-82(106)60(15)48-75(101)72(45-54(4)5)96(19)86(110)69(57(10)11)50-76(102)71(44-53(2)3)95(18)78(104)51-94(17)85(63)109/h25-29,31-39,53-61,63,69-74,79-81,105H,24,30,40-52H2,1-23H3,(H,91,107)(H,92,114)(H,93,106)/b31-29+/t59?,60-,61-,63-,69+,71?,72+,73+,74+,79+,80-,81-/m1/s1. The zero-order valence-corrected chi connectivity index (χ0v) is 73.4. The molecule has 642 valence electrons. The Hall–Kier alpha value is -9.17. The van der Waals surface area contributed by atoms with Crippen molar-refractivity contribution in [3.63, 3.8) is 0 Å². The van der Waals surface area contributed by atoms with Gasteiger partial charge in [0.05, 0.1) is 37.9 Å². The first-order chi connectivity index (χ1) is 54.5. The Labute approximate surface area is 689 Å². The Morgan fingerprint density at radius 1 is 0.526 bits per heavy atom. The summed E-state index contributed by atoms with van der Waals surface area (Å²) in [6.07, 6.45) is 1.27. The highest BCUT2D eigenvalue weighted by Gasteiger charge is 2.46. The van der Waals surface area contributed by atoms with Crippen molar-refractivity contribution >= 4 is 82.7 Å². The lowest BCUT2D eigenvalue weighted by atomic mass is 9.84. The van der Waals surface area contributed by atoms with Crippen LogP contribution in [-0.2, 0) is 62.2 Å². The number of amides is 10. The Bertz CT molecular complexity index is 3850. The van der Waals surface area contributed by atoms with Crippen LogP contribution in [0, 0.1) is 59.2 Å². The van der Waals surface area contributed by atoms with Crippen molar-refractivity contribution in [2.45, 2.75) is 223 Å². The maximum atomic E-state index is 15.6. The number of aliphatic hydroxyl groups is 1. The summed E-state index contributed by atoms with van der Waals surface area (Å²) in [6.45, 7) is 29.0. The highest BCUT2D eigenvalue weighted by atomic mass is 16.5. The van der Waals surface area contributed by atoms with Crippen LogP contribution >= 0.6 is 0 Å². The fourth-order valence-electron chi connectivity index (χ4n) is 15.6. The zero-order chi connectivity index (χ0) is 87.0. The predicted molar refractivity (Wildman–Crippen MR) is 449 cm³/mol. The third-order valence-electron chi connectivity index (χ3n) is 22.7. The number of aliphatic hydroxyl groups excluding tert-OH is 1. The summed E-state index contributed by atoms with van der Waals surface area (Å²) in [5.74, 6) is -12.2. The van der Waals surface area contributed by atoms with E-state index < -0.39 is 168 Å². The Kier molecular flexibility index (Phi) is 38.2. The zero-order valence-electron chi connectivity index (χ0n) is 73.4. The number of alkyl carbamates (subject to hydrolysis) is 1. The van der Waals surface area contributed by atoms with Crippen LogP contribution in [0.5, 0.6) is 0 Å². The number of nitrogens with one attached hydrogen (secondary N) is 3. The molecule has 1 saturated heterocycles. The van der Waals surface area contributed by atoms with Gasteiger partial charge in [-0.25, -0.2) is 4.79 Å². The van der Waals surface area contributed by atoms with Gasteiger partial charge in [-0.15, -0.1) is 0 Å². The number of carbonyl (C=O) groups is 13. The number of Topliss-reactive ketones (excluding diaryl/α,β-unsaturated/α-hetero) is 3. The van der Waals surface area contributed by atoms with E-state index >= 15 is 19.2 Å². The quantitative estimate of drug-likeness (QED) is 0.0573. The molecule has 1 aliphatic carbocycles. The summed E-state index contributed by atoms with van der Waals surface area (Å²) >= 11 is 0. The summed E-state index contributed by atoms with van der Waals surface area (Å²) in [4.78, 5) is 198. The van der Waals surface area contributed by atoms with E-state index in [4.69, 9.17) is 9.47 Å². The van der Waals surface area contributed by atoms with Gasteiger partial charge in [-0.3, -0.25) is 57.5 Å². The number of ketones is 3. The average molecular weight is 1610 g/mol. The van der Waals surface area contributed by atoms with E-state index in [0.717, 1.165) is 27.2 Å². The van der Waals surface area contributed by atoms with Crippen LogP contribution < -0.4 is 16.0 Å². The topological polar surface area (TPSA) is 319 Å². The van der Waals surface area contributed by atoms with Gasteiger partial charge < -0.3 is 64.8 Å². The minimum absolute atomic E-state index is 0.0712. The maximum Gasteiger partial charge on any atom is 0.407 e. The molecule has 26 heteroatoms. The highest BCUT2D eigenvalue weighted by molar-refractivity contribution is 6.00. The maximum absolute atomic E-state index is 15.6. The molecule has 3 aromatic carbocycles. The fraction of sp³-hybridized carbons (Fsp3) is 0.633. The first-order valence-corrected chi connectivity index (χ1v) is 41.6. The number of nitrogens with zero attached hydrogens (tertiary/aromatic N) is 7. The van der Waals surface area contributed by atoms with Crippen LogP contribution in [0.1, 0.15) is 202 Å². The molecule has 1 heterocycles. The molecule has 2 aliphatic rings. The van der Waals surface area contributed by atoms with Crippen LogP contribution in [-0.4, -0.2) is 253 Å². The van der Waals surface area contributed by atoms with Crippen molar-refractivity contribution in [2.75, 3.05) is 88.8 Å². The minimum Gasteiger partial charge on any atom is -0.449 e. The largest absolute Gasteiger partial charge is 0.449 e. The van der Waals surface area contributed by atoms with Crippen molar-refractivity contribution < 1.29 is 76.9 Å². The molecular weight excluding hydrogens is 1480 g/mol. The lowest BCUT2D eigenvalue weighted by molar-refractivity contribution is -0.157. The second kappa shape index (κ2) is 45.5. The number of fused-ring (bicyclic) bond motifs is 3. The molecule has 1 fully saturated rings. The Morgan fingerprint density at radius 2 is 1.00 bits per heavy atom. The molecule has 0 aromatic heterocycles. The van der Waals surface area contributed by atoms with Crippen molar-refractivity contribution in [3.05, 3.63) is 101 Å². The Morgan fingerprint density at radius 3 is 1.52 bits per heavy atom. The molecule has 0 radical (unpaired) electrons. The molecule has 0 spiro atoms. The van der Waals surface area contributed by atoms with E-state index in [1.807, 2.05) is 79.7 Å². The van der Waals surface area contributed by atoms with Crippen molar-refractivity contribution in [2.24, 2.45) is 59.2 Å². The monoisotopic (exact) mass is 1610 g/mol. The first kappa shape index (κ1) is 97.4. The average Bonchev–Trinajstić information content (AvgIpc) is 1.58. The smallest absolute Gasteiger partial charge is 0.407 e. The van der Waals surface area contributed by atoms with Gasteiger partial charge in [0.2, 0.25) is 47.3 Å². The number of allylic oxidation sites excluding steroid dienone is 1. The third kappa shape index (κ3) is 26.7. The van der Waals surface area contributed by atoms with Crippen molar-refractivity contribution in [3.8, 4) is 11.1 Å². The number of rotatable bonds is 25. The van der Waals surface area contributed by atoms with Crippen LogP contribution in [0.25, 0.3) is 17.2 Å². The van der Waals surface area contributed by atoms with Crippen LogP contribution in [0.2, 0.25) is 0 Å². The molecule has 116 heavy (non-hydrogen) atoms. The molecule has 4 N–H and O–H groups in total. The van der Waals surface area contributed by atoms with E-state index in [0.29, 0.717) is 11.1 Å². The summed E-state index contributed by atoms with van der Waals surface area (Å²) < 4.78 is 11.3. The van der Waals surface area contributed by atoms with Gasteiger partial charge in [-0.1, -0.05) is 177 Å². The van der Waals surface area contributed by atoms with Gasteiger partial charge in [0, 0.05) is 111 Å². The SMILES string of the molecule is CC[C@@H]1CC(=O)[C@H]([C@H](O)C(C)C/C=C/c2ccc(C(=O)NCCOCCNC(=O)OCC3c4ccccc4-c4ccccc43)cc2)N(C)C(=O)[C@H](C(C)C)N(C)C(=O)[C@H](CC(C)C)N(C)C(=O)[C@H](CC(C)C)N(C)C(=O)[C@@H](C)NC(=O)[C@H](C)CC(=O)[C@H](CC(C)C)N(C)C(=O)[C@H](C(C)C)CC(=O)C(CC(C)C)N(C)C(=O)CN(C)C1=O. The minimum atomic E-state index is -1.62. The first-order valence-electron chi connectivity index (χ1n) is 41.6. The molecule has 1 aliphatic heterocycles. The molecule has 10 amide bonds. The molecule has 0 saturated carbocycles.